The Morgan fingerprint density at radius 1 is 1.32 bits per heavy atom. The van der Waals surface area contributed by atoms with Crippen LogP contribution < -0.4 is 4.90 Å². The Morgan fingerprint density at radius 3 is 2.88 bits per heavy atom. The summed E-state index contributed by atoms with van der Waals surface area (Å²) < 4.78 is 41.1. The molecule has 1 fully saturated rings. The van der Waals surface area contributed by atoms with Gasteiger partial charge in [0.1, 0.15) is 0 Å². The van der Waals surface area contributed by atoms with Gasteiger partial charge in [-0.15, -0.1) is 0 Å². The quantitative estimate of drug-likeness (QED) is 0.699. The second-order valence-electron chi connectivity index (χ2n) is 6.50. The number of nitrogens with zero attached hydrogens (tertiary/aromatic N) is 4. The molecule has 3 heterocycles. The van der Waals surface area contributed by atoms with E-state index in [0.717, 1.165) is 47.9 Å². The number of aryl methyl sites for hydroxylation is 1. The standard InChI is InChI=1S/C17H17F3N4S/c1-23-9-12(8-21-23)6-11-4-5-24(10-11)16-22-14-7-13(17(18,19)20)2-3-15(14)25-16/h2-3,7-9,11H,4-6,10H2,1H3. The van der Waals surface area contributed by atoms with E-state index in [1.807, 2.05) is 19.4 Å². The Balaban J connectivity index is 1.50. The van der Waals surface area contributed by atoms with Crippen molar-refractivity contribution in [2.45, 2.75) is 19.0 Å². The summed E-state index contributed by atoms with van der Waals surface area (Å²) in [4.78, 5) is 6.62. The molecule has 1 aliphatic heterocycles. The molecule has 2 aromatic heterocycles. The molecule has 0 N–H and O–H groups in total. The Morgan fingerprint density at radius 2 is 2.16 bits per heavy atom. The highest BCUT2D eigenvalue weighted by molar-refractivity contribution is 7.22. The lowest BCUT2D eigenvalue weighted by atomic mass is 10.0. The number of fused-ring (bicyclic) bond motifs is 1. The number of hydrogen-bond acceptors (Lipinski definition) is 4. The summed E-state index contributed by atoms with van der Waals surface area (Å²) in [5.74, 6) is 0.516. The number of thiazole rings is 1. The number of aromatic nitrogens is 3. The largest absolute Gasteiger partial charge is 0.416 e. The van der Waals surface area contributed by atoms with Crippen molar-refractivity contribution < 1.29 is 13.2 Å². The van der Waals surface area contributed by atoms with Gasteiger partial charge in [0.25, 0.3) is 0 Å². The fourth-order valence-corrected chi connectivity index (χ4v) is 4.29. The molecular formula is C17H17F3N4S. The lowest BCUT2D eigenvalue weighted by Crippen LogP contribution is -2.19. The van der Waals surface area contributed by atoms with Crippen LogP contribution in [0.15, 0.2) is 30.6 Å². The van der Waals surface area contributed by atoms with Crippen molar-refractivity contribution in [1.82, 2.24) is 14.8 Å². The minimum absolute atomic E-state index is 0.422. The van der Waals surface area contributed by atoms with Crippen molar-refractivity contribution >= 4 is 26.7 Å². The van der Waals surface area contributed by atoms with Crippen molar-refractivity contribution in [3.8, 4) is 0 Å². The second-order valence-corrected chi connectivity index (χ2v) is 7.51. The van der Waals surface area contributed by atoms with Crippen molar-refractivity contribution in [3.63, 3.8) is 0 Å². The number of alkyl halides is 3. The van der Waals surface area contributed by atoms with E-state index >= 15 is 0 Å². The fraction of sp³-hybridized carbons (Fsp3) is 0.412. The molecule has 3 aromatic rings. The maximum atomic E-state index is 12.8. The lowest BCUT2D eigenvalue weighted by molar-refractivity contribution is -0.137. The van der Waals surface area contributed by atoms with Crippen LogP contribution in [0.4, 0.5) is 18.3 Å². The van der Waals surface area contributed by atoms with Crippen molar-refractivity contribution in [2.24, 2.45) is 13.0 Å². The van der Waals surface area contributed by atoms with Crippen LogP contribution in [0, 0.1) is 5.92 Å². The molecule has 1 saturated heterocycles. The predicted octanol–water partition coefficient (Wildman–Crippen LogP) is 4.12. The van der Waals surface area contributed by atoms with Gasteiger partial charge in [-0.1, -0.05) is 11.3 Å². The summed E-state index contributed by atoms with van der Waals surface area (Å²) in [6.45, 7) is 1.76. The SMILES string of the molecule is Cn1cc(CC2CCN(c3nc4cc(C(F)(F)F)ccc4s3)C2)cn1. The zero-order valence-electron chi connectivity index (χ0n) is 13.6. The first-order valence-corrected chi connectivity index (χ1v) is 8.90. The zero-order chi connectivity index (χ0) is 17.6. The molecule has 1 atom stereocenters. The van der Waals surface area contributed by atoms with Crippen LogP contribution in [0.5, 0.6) is 0 Å². The first-order chi connectivity index (χ1) is 11.9. The molecule has 132 valence electrons. The maximum Gasteiger partial charge on any atom is 0.416 e. The summed E-state index contributed by atoms with van der Waals surface area (Å²) in [6, 6.07) is 3.78. The summed E-state index contributed by atoms with van der Waals surface area (Å²) >= 11 is 1.46. The van der Waals surface area contributed by atoms with E-state index < -0.39 is 11.7 Å². The molecule has 0 amide bonds. The van der Waals surface area contributed by atoms with Gasteiger partial charge in [0.15, 0.2) is 5.13 Å². The number of rotatable bonds is 3. The third kappa shape index (κ3) is 3.35. The monoisotopic (exact) mass is 366 g/mol. The number of anilines is 1. The van der Waals surface area contributed by atoms with Crippen LogP contribution in [-0.2, 0) is 19.6 Å². The summed E-state index contributed by atoms with van der Waals surface area (Å²) in [7, 11) is 1.90. The van der Waals surface area contributed by atoms with Gasteiger partial charge in [-0.3, -0.25) is 4.68 Å². The van der Waals surface area contributed by atoms with Crippen molar-refractivity contribution in [1.29, 1.82) is 0 Å². The summed E-state index contributed by atoms with van der Waals surface area (Å²) in [5, 5.41) is 5.00. The Bertz CT molecular complexity index is 899. The fourth-order valence-electron chi connectivity index (χ4n) is 3.31. The highest BCUT2D eigenvalue weighted by Crippen LogP contribution is 2.36. The van der Waals surface area contributed by atoms with E-state index in [0.29, 0.717) is 11.4 Å². The Labute approximate surface area is 146 Å². The third-order valence-corrected chi connectivity index (χ3v) is 5.64. The van der Waals surface area contributed by atoms with Gasteiger partial charge in [0, 0.05) is 26.3 Å². The van der Waals surface area contributed by atoms with E-state index in [1.165, 1.54) is 23.0 Å². The molecule has 0 spiro atoms. The molecule has 25 heavy (non-hydrogen) atoms. The second kappa shape index (κ2) is 6.01. The Kier molecular flexibility index (Phi) is 3.94. The van der Waals surface area contributed by atoms with Gasteiger partial charge < -0.3 is 4.90 Å². The summed E-state index contributed by atoms with van der Waals surface area (Å²) in [5.41, 5.74) is 0.992. The Hall–Kier alpha value is -2.09. The molecule has 0 radical (unpaired) electrons. The summed E-state index contributed by atoms with van der Waals surface area (Å²) in [6.07, 6.45) is 1.60. The molecule has 0 bridgehead atoms. The average molecular weight is 366 g/mol. The molecule has 1 aromatic carbocycles. The lowest BCUT2D eigenvalue weighted by Gasteiger charge is -2.14. The predicted molar refractivity (Wildman–Crippen MR) is 91.9 cm³/mol. The van der Waals surface area contributed by atoms with Gasteiger partial charge in [-0.25, -0.2) is 4.98 Å². The van der Waals surface area contributed by atoms with Gasteiger partial charge in [0.2, 0.25) is 0 Å². The minimum atomic E-state index is -4.33. The topological polar surface area (TPSA) is 34.0 Å². The number of halogens is 3. The van der Waals surface area contributed by atoms with E-state index in [1.54, 1.807) is 4.68 Å². The minimum Gasteiger partial charge on any atom is -0.348 e. The maximum absolute atomic E-state index is 12.8. The zero-order valence-corrected chi connectivity index (χ0v) is 14.4. The molecule has 1 unspecified atom stereocenters. The van der Waals surface area contributed by atoms with E-state index in [9.17, 15) is 13.2 Å². The van der Waals surface area contributed by atoms with Crippen LogP contribution >= 0.6 is 11.3 Å². The van der Waals surface area contributed by atoms with Gasteiger partial charge >= 0.3 is 6.18 Å². The van der Waals surface area contributed by atoms with E-state index in [4.69, 9.17) is 0 Å². The van der Waals surface area contributed by atoms with E-state index in [-0.39, 0.29) is 0 Å². The molecule has 0 aliphatic carbocycles. The van der Waals surface area contributed by atoms with Crippen LogP contribution in [0.2, 0.25) is 0 Å². The van der Waals surface area contributed by atoms with Crippen LogP contribution in [0.3, 0.4) is 0 Å². The van der Waals surface area contributed by atoms with Crippen LogP contribution in [0.1, 0.15) is 17.5 Å². The normalized spacial score (nSPS) is 18.4. The van der Waals surface area contributed by atoms with Gasteiger partial charge in [-0.05, 0) is 42.5 Å². The molecule has 8 heteroatoms. The molecule has 1 aliphatic rings. The van der Waals surface area contributed by atoms with E-state index in [2.05, 4.69) is 15.0 Å². The van der Waals surface area contributed by atoms with Crippen LogP contribution in [-0.4, -0.2) is 27.9 Å². The molecule has 4 nitrogen and oxygen atoms in total. The molecular weight excluding hydrogens is 349 g/mol. The third-order valence-electron chi connectivity index (χ3n) is 4.54. The van der Waals surface area contributed by atoms with Gasteiger partial charge in [0.05, 0.1) is 22.0 Å². The van der Waals surface area contributed by atoms with Crippen molar-refractivity contribution in [3.05, 3.63) is 41.7 Å². The molecule has 0 saturated carbocycles. The first-order valence-electron chi connectivity index (χ1n) is 8.09. The molecule has 4 rings (SSSR count). The smallest absolute Gasteiger partial charge is 0.348 e. The van der Waals surface area contributed by atoms with Gasteiger partial charge in [-0.2, -0.15) is 18.3 Å². The number of benzene rings is 1. The highest BCUT2D eigenvalue weighted by atomic mass is 32.1. The highest BCUT2D eigenvalue weighted by Gasteiger charge is 2.31. The average Bonchev–Trinajstić information content (AvgIpc) is 3.25. The first kappa shape index (κ1) is 16.4. The van der Waals surface area contributed by atoms with Crippen molar-refractivity contribution in [2.75, 3.05) is 18.0 Å². The van der Waals surface area contributed by atoms with Crippen LogP contribution in [0.25, 0.3) is 10.2 Å². The number of hydrogen-bond donors (Lipinski definition) is 0.